The minimum absolute atomic E-state index is 0.432. The second-order valence-corrected chi connectivity index (χ2v) is 7.17. The van der Waals surface area contributed by atoms with Crippen LogP contribution in [0.4, 0.5) is 0 Å². The van der Waals surface area contributed by atoms with Crippen LogP contribution in [0.15, 0.2) is 40.6 Å². The molecule has 1 N–H and O–H groups in total. The van der Waals surface area contributed by atoms with Crippen molar-refractivity contribution < 1.29 is 0 Å². The fourth-order valence-corrected chi connectivity index (χ4v) is 4.79. The van der Waals surface area contributed by atoms with E-state index >= 15 is 0 Å². The van der Waals surface area contributed by atoms with E-state index in [1.165, 1.54) is 33.1 Å². The zero-order valence-corrected chi connectivity index (χ0v) is 13.0. The Labute approximate surface area is 123 Å². The maximum absolute atomic E-state index is 3.82. The van der Waals surface area contributed by atoms with Gasteiger partial charge in [-0.05, 0) is 54.7 Å². The van der Waals surface area contributed by atoms with Crippen molar-refractivity contribution in [1.82, 2.24) is 5.32 Å². The van der Waals surface area contributed by atoms with Gasteiger partial charge in [-0.15, -0.1) is 23.1 Å². The van der Waals surface area contributed by atoms with Crippen molar-refractivity contribution in [3.8, 4) is 0 Å². The first kappa shape index (κ1) is 13.2. The van der Waals surface area contributed by atoms with Crippen LogP contribution in [0.1, 0.15) is 41.4 Å². The van der Waals surface area contributed by atoms with Crippen molar-refractivity contribution in [2.75, 3.05) is 5.75 Å². The number of hydrogen-bond donors (Lipinski definition) is 1. The summed E-state index contributed by atoms with van der Waals surface area (Å²) in [4.78, 5) is 2.91. The Bertz CT molecular complexity index is 561. The van der Waals surface area contributed by atoms with Gasteiger partial charge in [-0.25, -0.2) is 0 Å². The molecule has 2 heterocycles. The van der Waals surface area contributed by atoms with E-state index in [4.69, 9.17) is 0 Å². The van der Waals surface area contributed by atoms with Crippen LogP contribution >= 0.6 is 23.1 Å². The first-order chi connectivity index (χ1) is 9.25. The van der Waals surface area contributed by atoms with Crippen molar-refractivity contribution in [3.63, 3.8) is 0 Å². The van der Waals surface area contributed by atoms with Gasteiger partial charge in [0.15, 0.2) is 0 Å². The molecule has 1 aliphatic rings. The molecule has 2 aromatic rings. The molecule has 0 saturated heterocycles. The zero-order valence-electron chi connectivity index (χ0n) is 11.3. The molecule has 0 radical (unpaired) electrons. The number of hydrogen-bond acceptors (Lipinski definition) is 3. The molecule has 3 rings (SSSR count). The predicted molar refractivity (Wildman–Crippen MR) is 85.1 cm³/mol. The lowest BCUT2D eigenvalue weighted by molar-refractivity contribution is 0.453. The Morgan fingerprint density at radius 1 is 1.26 bits per heavy atom. The Hall–Kier alpha value is -0.770. The lowest BCUT2D eigenvalue weighted by Crippen LogP contribution is -2.27. The largest absolute Gasteiger partial charge is 0.303 e. The number of fused-ring (bicyclic) bond motifs is 1. The Morgan fingerprint density at radius 3 is 2.89 bits per heavy atom. The van der Waals surface area contributed by atoms with Gasteiger partial charge in [-0.3, -0.25) is 0 Å². The predicted octanol–water partition coefficient (Wildman–Crippen LogP) is 4.94. The molecule has 0 fully saturated rings. The van der Waals surface area contributed by atoms with Crippen molar-refractivity contribution in [3.05, 3.63) is 51.7 Å². The highest BCUT2D eigenvalue weighted by molar-refractivity contribution is 7.99. The van der Waals surface area contributed by atoms with E-state index < -0.39 is 0 Å². The first-order valence-corrected chi connectivity index (χ1v) is 8.64. The molecule has 19 heavy (non-hydrogen) atoms. The monoisotopic (exact) mass is 289 g/mol. The average molecular weight is 289 g/mol. The molecule has 0 saturated carbocycles. The SMILES string of the molecule is Cc1ccsc1C(C)NC1CCSc2ccccc21. The number of thiophene rings is 1. The minimum Gasteiger partial charge on any atom is -0.303 e. The third kappa shape index (κ3) is 2.73. The smallest absolute Gasteiger partial charge is 0.0393 e. The number of rotatable bonds is 3. The van der Waals surface area contributed by atoms with Crippen molar-refractivity contribution in [1.29, 1.82) is 0 Å². The molecule has 1 aromatic carbocycles. The first-order valence-electron chi connectivity index (χ1n) is 6.77. The van der Waals surface area contributed by atoms with Gasteiger partial charge < -0.3 is 5.32 Å². The van der Waals surface area contributed by atoms with E-state index in [1.807, 2.05) is 23.1 Å². The van der Waals surface area contributed by atoms with E-state index in [0.717, 1.165) is 0 Å². The molecule has 1 aromatic heterocycles. The van der Waals surface area contributed by atoms with Crippen LogP contribution in [0.3, 0.4) is 0 Å². The summed E-state index contributed by atoms with van der Waals surface area (Å²) in [5.74, 6) is 1.21. The highest BCUT2D eigenvalue weighted by atomic mass is 32.2. The maximum Gasteiger partial charge on any atom is 0.0393 e. The Kier molecular flexibility index (Phi) is 3.96. The lowest BCUT2D eigenvalue weighted by atomic mass is 10.0. The van der Waals surface area contributed by atoms with E-state index in [9.17, 15) is 0 Å². The highest BCUT2D eigenvalue weighted by Crippen LogP contribution is 2.37. The van der Waals surface area contributed by atoms with E-state index in [2.05, 4.69) is 54.9 Å². The number of benzene rings is 1. The van der Waals surface area contributed by atoms with Gasteiger partial charge >= 0.3 is 0 Å². The molecule has 2 atom stereocenters. The van der Waals surface area contributed by atoms with Crippen LogP contribution in [0.2, 0.25) is 0 Å². The molecule has 2 unspecified atom stereocenters. The third-order valence-corrected chi connectivity index (χ3v) is 6.03. The van der Waals surface area contributed by atoms with Gasteiger partial charge in [0, 0.05) is 21.9 Å². The molecule has 1 nitrogen and oxygen atoms in total. The summed E-state index contributed by atoms with van der Waals surface area (Å²) in [5, 5.41) is 6.00. The van der Waals surface area contributed by atoms with Crippen molar-refractivity contribution >= 4 is 23.1 Å². The van der Waals surface area contributed by atoms with Crippen LogP contribution in [-0.2, 0) is 0 Å². The minimum atomic E-state index is 0.432. The molecule has 100 valence electrons. The number of aryl methyl sites for hydroxylation is 1. The summed E-state index contributed by atoms with van der Waals surface area (Å²) in [6.07, 6.45) is 1.22. The van der Waals surface area contributed by atoms with E-state index in [1.54, 1.807) is 0 Å². The Balaban J connectivity index is 1.80. The molecular formula is C16H19NS2. The van der Waals surface area contributed by atoms with Crippen LogP contribution in [0, 0.1) is 6.92 Å². The lowest BCUT2D eigenvalue weighted by Gasteiger charge is -2.28. The summed E-state index contributed by atoms with van der Waals surface area (Å²) in [6, 6.07) is 11.9. The highest BCUT2D eigenvalue weighted by Gasteiger charge is 2.22. The fourth-order valence-electron chi connectivity index (χ4n) is 2.72. The van der Waals surface area contributed by atoms with E-state index in [0.29, 0.717) is 12.1 Å². The topological polar surface area (TPSA) is 12.0 Å². The Morgan fingerprint density at radius 2 is 2.11 bits per heavy atom. The summed E-state index contributed by atoms with van der Waals surface area (Å²) >= 11 is 3.84. The third-order valence-electron chi connectivity index (χ3n) is 3.70. The van der Waals surface area contributed by atoms with Crippen LogP contribution < -0.4 is 5.32 Å². The molecule has 3 heteroatoms. The van der Waals surface area contributed by atoms with Gasteiger partial charge in [-0.2, -0.15) is 0 Å². The van der Waals surface area contributed by atoms with Crippen molar-refractivity contribution in [2.24, 2.45) is 0 Å². The summed E-state index contributed by atoms with van der Waals surface area (Å²) in [5.41, 5.74) is 2.88. The fraction of sp³-hybridized carbons (Fsp3) is 0.375. The molecule has 0 bridgehead atoms. The summed E-state index contributed by atoms with van der Waals surface area (Å²) < 4.78 is 0. The van der Waals surface area contributed by atoms with Crippen LogP contribution in [-0.4, -0.2) is 5.75 Å². The average Bonchev–Trinajstić information content (AvgIpc) is 2.85. The quantitative estimate of drug-likeness (QED) is 0.858. The zero-order chi connectivity index (χ0) is 13.2. The normalized spacial score (nSPS) is 20.0. The van der Waals surface area contributed by atoms with Gasteiger partial charge in [-0.1, -0.05) is 18.2 Å². The van der Waals surface area contributed by atoms with Crippen molar-refractivity contribution in [2.45, 2.75) is 37.2 Å². The van der Waals surface area contributed by atoms with Gasteiger partial charge in [0.25, 0.3) is 0 Å². The van der Waals surface area contributed by atoms with Gasteiger partial charge in [0.2, 0.25) is 0 Å². The standard InChI is InChI=1S/C16H19NS2/c1-11-7-9-19-16(11)12(2)17-14-8-10-18-15-6-4-3-5-13(14)15/h3-7,9,12,14,17H,8,10H2,1-2H3. The molecule has 0 amide bonds. The molecule has 1 aliphatic heterocycles. The number of nitrogens with one attached hydrogen (secondary N) is 1. The van der Waals surface area contributed by atoms with E-state index in [-0.39, 0.29) is 0 Å². The van der Waals surface area contributed by atoms with Crippen LogP contribution in [0.25, 0.3) is 0 Å². The number of thioether (sulfide) groups is 1. The van der Waals surface area contributed by atoms with Gasteiger partial charge in [0.05, 0.1) is 0 Å². The summed E-state index contributed by atoms with van der Waals surface area (Å²) in [7, 11) is 0. The maximum atomic E-state index is 3.82. The second kappa shape index (κ2) is 5.70. The molecule has 0 spiro atoms. The second-order valence-electron chi connectivity index (χ2n) is 5.08. The molecular weight excluding hydrogens is 270 g/mol. The van der Waals surface area contributed by atoms with Crippen LogP contribution in [0.5, 0.6) is 0 Å². The molecule has 0 aliphatic carbocycles. The van der Waals surface area contributed by atoms with Gasteiger partial charge in [0.1, 0.15) is 0 Å². The summed E-state index contributed by atoms with van der Waals surface area (Å²) in [6.45, 7) is 4.48.